The molecule has 4 nitrogen and oxygen atoms in total. The predicted octanol–water partition coefficient (Wildman–Crippen LogP) is 3.92. The molecule has 0 atom stereocenters. The Labute approximate surface area is 126 Å². The first-order valence-electron chi connectivity index (χ1n) is 6.53. The fraction of sp³-hybridized carbons (Fsp3) is 0.125. The molecule has 5 heteroatoms. The fourth-order valence-corrected chi connectivity index (χ4v) is 3.11. The lowest BCUT2D eigenvalue weighted by molar-refractivity contribution is 0.0698. The van der Waals surface area contributed by atoms with Crippen LogP contribution < -0.4 is 5.32 Å². The zero-order chi connectivity index (χ0) is 14.8. The fourth-order valence-electron chi connectivity index (χ4n) is 2.25. The van der Waals surface area contributed by atoms with E-state index in [0.29, 0.717) is 17.7 Å². The van der Waals surface area contributed by atoms with E-state index in [2.05, 4.69) is 28.0 Å². The van der Waals surface area contributed by atoms with Crippen LogP contribution in [-0.4, -0.2) is 16.1 Å². The van der Waals surface area contributed by atoms with Crippen molar-refractivity contribution in [2.75, 3.05) is 5.32 Å². The summed E-state index contributed by atoms with van der Waals surface area (Å²) in [6.07, 6.45) is 1.41. The van der Waals surface area contributed by atoms with Crippen LogP contribution in [0.2, 0.25) is 0 Å². The molecule has 1 aromatic carbocycles. The summed E-state index contributed by atoms with van der Waals surface area (Å²) in [5.74, 6) is -0.250. The first-order chi connectivity index (χ1) is 10.2. The van der Waals surface area contributed by atoms with Gasteiger partial charge in [0.2, 0.25) is 0 Å². The second-order valence-electron chi connectivity index (χ2n) is 4.80. The molecule has 0 amide bonds. The highest BCUT2D eigenvalue weighted by molar-refractivity contribution is 7.08. The van der Waals surface area contributed by atoms with Crippen LogP contribution in [0.15, 0.2) is 41.2 Å². The highest BCUT2D eigenvalue weighted by Gasteiger charge is 2.12. The number of thiophene rings is 1. The average molecular weight is 298 g/mol. The van der Waals surface area contributed by atoms with Crippen molar-refractivity contribution >= 4 is 33.9 Å². The van der Waals surface area contributed by atoms with Gasteiger partial charge in [-0.1, -0.05) is 24.3 Å². The molecule has 21 heavy (non-hydrogen) atoms. The number of aryl methyl sites for hydroxylation is 1. The maximum atomic E-state index is 11.3. The van der Waals surface area contributed by atoms with E-state index in [0.717, 1.165) is 5.39 Å². The molecule has 0 fully saturated rings. The van der Waals surface area contributed by atoms with E-state index in [1.807, 2.05) is 24.3 Å². The zero-order valence-corrected chi connectivity index (χ0v) is 12.3. The van der Waals surface area contributed by atoms with Crippen molar-refractivity contribution in [3.63, 3.8) is 0 Å². The van der Waals surface area contributed by atoms with Gasteiger partial charge in [-0.25, -0.2) is 9.78 Å². The van der Waals surface area contributed by atoms with Gasteiger partial charge in [-0.3, -0.25) is 0 Å². The van der Waals surface area contributed by atoms with Gasteiger partial charge in [-0.05, 0) is 28.8 Å². The third kappa shape index (κ3) is 2.60. The topological polar surface area (TPSA) is 62.2 Å². The molecular formula is C16H14N2O2S. The first kappa shape index (κ1) is 13.6. The molecule has 2 heterocycles. The van der Waals surface area contributed by atoms with Crippen LogP contribution in [-0.2, 0) is 6.54 Å². The van der Waals surface area contributed by atoms with Crippen LogP contribution in [0.25, 0.3) is 10.8 Å². The minimum atomic E-state index is -0.959. The number of pyridine rings is 1. The lowest BCUT2D eigenvalue weighted by Gasteiger charge is -2.10. The van der Waals surface area contributed by atoms with Crippen molar-refractivity contribution in [3.8, 4) is 0 Å². The van der Waals surface area contributed by atoms with Crippen molar-refractivity contribution in [2.45, 2.75) is 13.5 Å². The molecule has 0 aliphatic carbocycles. The lowest BCUT2D eigenvalue weighted by atomic mass is 10.1. The third-order valence-electron chi connectivity index (χ3n) is 3.43. The Balaban J connectivity index is 1.98. The molecular weight excluding hydrogens is 284 g/mol. The summed E-state index contributed by atoms with van der Waals surface area (Å²) in [6.45, 7) is 2.76. The van der Waals surface area contributed by atoms with E-state index in [1.165, 1.54) is 17.3 Å². The molecule has 2 N–H and O–H groups in total. The second-order valence-corrected chi connectivity index (χ2v) is 5.55. The van der Waals surface area contributed by atoms with E-state index in [-0.39, 0.29) is 5.56 Å². The van der Waals surface area contributed by atoms with Crippen molar-refractivity contribution in [1.82, 2.24) is 4.98 Å². The van der Waals surface area contributed by atoms with Gasteiger partial charge in [0, 0.05) is 23.5 Å². The van der Waals surface area contributed by atoms with Crippen LogP contribution in [0.5, 0.6) is 0 Å². The summed E-state index contributed by atoms with van der Waals surface area (Å²) in [5.41, 5.74) is 2.70. The van der Waals surface area contributed by atoms with Gasteiger partial charge < -0.3 is 10.4 Å². The van der Waals surface area contributed by atoms with Gasteiger partial charge in [0.25, 0.3) is 0 Å². The van der Waals surface area contributed by atoms with E-state index >= 15 is 0 Å². The van der Waals surface area contributed by atoms with Crippen LogP contribution in [0.1, 0.15) is 21.5 Å². The first-order valence-corrected chi connectivity index (χ1v) is 7.47. The standard InChI is InChI=1S/C16H14N2O2S/c1-10-8-21-9-11(10)6-17-15-13-5-3-2-4-12(13)14(7-18-15)16(19)20/h2-5,7-9H,6H2,1H3,(H,17,18)(H,19,20). The monoisotopic (exact) mass is 298 g/mol. The van der Waals surface area contributed by atoms with Gasteiger partial charge in [0.15, 0.2) is 0 Å². The molecule has 0 aliphatic heterocycles. The number of nitrogens with zero attached hydrogens (tertiary/aromatic N) is 1. The number of carbonyl (C=O) groups is 1. The number of hydrogen-bond acceptors (Lipinski definition) is 4. The Morgan fingerprint density at radius 1 is 1.29 bits per heavy atom. The van der Waals surface area contributed by atoms with Crippen LogP contribution in [0.4, 0.5) is 5.82 Å². The number of hydrogen-bond donors (Lipinski definition) is 2. The molecule has 0 unspecified atom stereocenters. The summed E-state index contributed by atoms with van der Waals surface area (Å²) < 4.78 is 0. The van der Waals surface area contributed by atoms with Gasteiger partial charge in [0.05, 0.1) is 5.56 Å². The molecule has 0 saturated carbocycles. The number of rotatable bonds is 4. The van der Waals surface area contributed by atoms with Crippen molar-refractivity contribution in [1.29, 1.82) is 0 Å². The Morgan fingerprint density at radius 3 is 2.71 bits per heavy atom. The van der Waals surface area contributed by atoms with Crippen LogP contribution >= 0.6 is 11.3 Å². The molecule has 0 saturated heterocycles. The van der Waals surface area contributed by atoms with Crippen LogP contribution in [0, 0.1) is 6.92 Å². The Kier molecular flexibility index (Phi) is 3.58. The number of fused-ring (bicyclic) bond motifs is 1. The normalized spacial score (nSPS) is 10.7. The highest BCUT2D eigenvalue weighted by Crippen LogP contribution is 2.25. The minimum Gasteiger partial charge on any atom is -0.478 e. The lowest BCUT2D eigenvalue weighted by Crippen LogP contribution is -2.05. The van der Waals surface area contributed by atoms with E-state index < -0.39 is 5.97 Å². The number of nitrogens with one attached hydrogen (secondary N) is 1. The largest absolute Gasteiger partial charge is 0.478 e. The Hall–Kier alpha value is -2.40. The summed E-state index contributed by atoms with van der Waals surface area (Å²) in [4.78, 5) is 15.5. The Bertz CT molecular complexity index is 811. The third-order valence-corrected chi connectivity index (χ3v) is 4.34. The van der Waals surface area contributed by atoms with E-state index in [4.69, 9.17) is 0 Å². The summed E-state index contributed by atoms with van der Waals surface area (Å²) in [7, 11) is 0. The summed E-state index contributed by atoms with van der Waals surface area (Å²) in [6, 6.07) is 7.41. The maximum absolute atomic E-state index is 11.3. The van der Waals surface area contributed by atoms with Gasteiger partial charge in [-0.2, -0.15) is 11.3 Å². The number of anilines is 1. The summed E-state index contributed by atoms with van der Waals surface area (Å²) >= 11 is 1.67. The molecule has 0 radical (unpaired) electrons. The number of benzene rings is 1. The van der Waals surface area contributed by atoms with Crippen molar-refractivity contribution < 1.29 is 9.90 Å². The quantitative estimate of drug-likeness (QED) is 0.766. The number of carboxylic acid groups (broad SMARTS) is 1. The minimum absolute atomic E-state index is 0.225. The van der Waals surface area contributed by atoms with Gasteiger partial charge >= 0.3 is 5.97 Å². The van der Waals surface area contributed by atoms with Crippen molar-refractivity contribution in [3.05, 3.63) is 57.9 Å². The number of carboxylic acids is 1. The molecule has 3 aromatic rings. The SMILES string of the molecule is Cc1cscc1CNc1ncc(C(=O)O)c2ccccc12. The molecule has 0 bridgehead atoms. The molecule has 106 valence electrons. The average Bonchev–Trinajstić information content (AvgIpc) is 2.89. The number of aromatic carboxylic acids is 1. The van der Waals surface area contributed by atoms with Crippen LogP contribution in [0.3, 0.4) is 0 Å². The maximum Gasteiger partial charge on any atom is 0.337 e. The molecule has 2 aromatic heterocycles. The molecule has 0 spiro atoms. The Morgan fingerprint density at radius 2 is 2.05 bits per heavy atom. The molecule has 3 rings (SSSR count). The highest BCUT2D eigenvalue weighted by atomic mass is 32.1. The van der Waals surface area contributed by atoms with E-state index in [9.17, 15) is 9.90 Å². The smallest absolute Gasteiger partial charge is 0.337 e. The number of aromatic nitrogens is 1. The molecule has 0 aliphatic rings. The zero-order valence-electron chi connectivity index (χ0n) is 11.5. The van der Waals surface area contributed by atoms with E-state index in [1.54, 1.807) is 11.3 Å². The predicted molar refractivity (Wildman–Crippen MR) is 85.1 cm³/mol. The second kappa shape index (κ2) is 5.54. The van der Waals surface area contributed by atoms with Crippen molar-refractivity contribution in [2.24, 2.45) is 0 Å². The van der Waals surface area contributed by atoms with Gasteiger partial charge in [0.1, 0.15) is 5.82 Å². The van der Waals surface area contributed by atoms with Gasteiger partial charge in [-0.15, -0.1) is 0 Å². The summed E-state index contributed by atoms with van der Waals surface area (Å²) in [5, 5.41) is 18.3.